The molecule has 1 amide bonds. The number of amides is 1. The lowest BCUT2D eigenvalue weighted by atomic mass is 10.1. The van der Waals surface area contributed by atoms with Crippen molar-refractivity contribution in [3.8, 4) is 5.75 Å². The molecule has 0 fully saturated rings. The van der Waals surface area contributed by atoms with Crippen molar-refractivity contribution in [2.75, 3.05) is 18.5 Å². The van der Waals surface area contributed by atoms with Crippen molar-refractivity contribution in [3.63, 3.8) is 0 Å². The maximum absolute atomic E-state index is 11.6. The molecule has 0 aromatic heterocycles. The maximum atomic E-state index is 11.6. The number of carbonyl (C=O) groups excluding carboxylic acids is 1. The molecule has 2 N–H and O–H groups in total. The number of hydrogen-bond acceptors (Lipinski definition) is 4. The summed E-state index contributed by atoms with van der Waals surface area (Å²) < 4.78 is 10.7. The summed E-state index contributed by atoms with van der Waals surface area (Å²) in [6, 6.07) is 16.0. The Morgan fingerprint density at radius 1 is 0.962 bits per heavy atom. The van der Waals surface area contributed by atoms with Crippen molar-refractivity contribution in [2.45, 2.75) is 39.7 Å². The van der Waals surface area contributed by atoms with Crippen molar-refractivity contribution >= 4 is 17.5 Å². The van der Waals surface area contributed by atoms with Gasteiger partial charge in [-0.1, -0.05) is 12.1 Å². The van der Waals surface area contributed by atoms with E-state index >= 15 is 0 Å². The minimum absolute atomic E-state index is 0.383. The first-order chi connectivity index (χ1) is 12.4. The van der Waals surface area contributed by atoms with E-state index in [0.717, 1.165) is 29.1 Å². The molecule has 0 unspecified atom stereocenters. The highest BCUT2D eigenvalue weighted by Gasteiger charge is 2.15. The van der Waals surface area contributed by atoms with Crippen LogP contribution in [0.4, 0.5) is 16.2 Å². The zero-order chi connectivity index (χ0) is 19.0. The fraction of sp³-hybridized carbons (Fsp3) is 0.381. The summed E-state index contributed by atoms with van der Waals surface area (Å²) in [7, 11) is 0. The van der Waals surface area contributed by atoms with E-state index in [1.54, 1.807) is 0 Å². The normalized spacial score (nSPS) is 10.9. The average molecular weight is 356 g/mol. The van der Waals surface area contributed by atoms with Gasteiger partial charge in [0.25, 0.3) is 0 Å². The van der Waals surface area contributed by atoms with Crippen LogP contribution < -0.4 is 15.4 Å². The Labute approximate surface area is 155 Å². The van der Waals surface area contributed by atoms with Gasteiger partial charge in [-0.3, -0.25) is 0 Å². The van der Waals surface area contributed by atoms with E-state index in [1.165, 1.54) is 0 Å². The lowest BCUT2D eigenvalue weighted by Crippen LogP contribution is -2.33. The lowest BCUT2D eigenvalue weighted by Gasteiger charge is -2.19. The Bertz CT molecular complexity index is 689. The van der Waals surface area contributed by atoms with Gasteiger partial charge in [0, 0.05) is 17.9 Å². The molecular weight excluding hydrogens is 328 g/mol. The number of hydrogen-bond donors (Lipinski definition) is 2. The van der Waals surface area contributed by atoms with Crippen molar-refractivity contribution in [2.24, 2.45) is 0 Å². The molecule has 2 aromatic carbocycles. The molecule has 0 aliphatic carbocycles. The highest BCUT2D eigenvalue weighted by Crippen LogP contribution is 2.20. The van der Waals surface area contributed by atoms with Gasteiger partial charge < -0.3 is 20.1 Å². The van der Waals surface area contributed by atoms with Crippen molar-refractivity contribution < 1.29 is 14.3 Å². The summed E-state index contributed by atoms with van der Waals surface area (Å²) in [5.74, 6) is 0.867. The van der Waals surface area contributed by atoms with E-state index in [9.17, 15) is 4.79 Å². The minimum atomic E-state index is -0.474. The summed E-state index contributed by atoms with van der Waals surface area (Å²) in [6.45, 7) is 8.72. The van der Waals surface area contributed by atoms with Crippen LogP contribution in [0, 0.1) is 0 Å². The van der Waals surface area contributed by atoms with Crippen LogP contribution in [0.15, 0.2) is 48.5 Å². The van der Waals surface area contributed by atoms with E-state index < -0.39 is 5.60 Å². The molecule has 0 aliphatic heterocycles. The number of carbonyl (C=O) groups is 1. The fourth-order valence-electron chi connectivity index (χ4n) is 2.35. The van der Waals surface area contributed by atoms with Crippen molar-refractivity contribution in [3.05, 3.63) is 54.1 Å². The molecule has 0 bridgehead atoms. The maximum Gasteiger partial charge on any atom is 0.407 e. The summed E-state index contributed by atoms with van der Waals surface area (Å²) in [4.78, 5) is 11.6. The van der Waals surface area contributed by atoms with E-state index in [0.29, 0.717) is 13.2 Å². The molecule has 2 rings (SSSR count). The lowest BCUT2D eigenvalue weighted by molar-refractivity contribution is 0.0528. The van der Waals surface area contributed by atoms with Crippen LogP contribution >= 0.6 is 0 Å². The number of ether oxygens (including phenoxy) is 2. The second-order valence-corrected chi connectivity index (χ2v) is 6.96. The van der Waals surface area contributed by atoms with Crippen LogP contribution in [0.5, 0.6) is 5.75 Å². The van der Waals surface area contributed by atoms with Crippen LogP contribution in [0.25, 0.3) is 0 Å². The van der Waals surface area contributed by atoms with Gasteiger partial charge in [-0.15, -0.1) is 0 Å². The van der Waals surface area contributed by atoms with E-state index in [-0.39, 0.29) is 6.09 Å². The minimum Gasteiger partial charge on any atom is -0.494 e. The molecular formula is C21H28N2O3. The molecule has 0 atom stereocenters. The first-order valence-electron chi connectivity index (χ1n) is 8.91. The number of anilines is 2. The molecule has 0 aliphatic rings. The molecule has 0 saturated heterocycles. The Balaban J connectivity index is 1.79. The first kappa shape index (κ1) is 19.6. The standard InChI is InChI=1S/C21H28N2O3/c1-5-25-19-12-10-18(11-13-19)23-17-8-6-16(7-9-17)14-15-22-20(24)26-21(2,3)4/h6-13,23H,5,14-15H2,1-4H3,(H,22,24). The third-order valence-electron chi connectivity index (χ3n) is 3.49. The monoisotopic (exact) mass is 356 g/mol. The third kappa shape index (κ3) is 7.05. The van der Waals surface area contributed by atoms with Crippen LogP contribution in [-0.4, -0.2) is 24.8 Å². The van der Waals surface area contributed by atoms with Crippen LogP contribution in [-0.2, 0) is 11.2 Å². The van der Waals surface area contributed by atoms with Crippen LogP contribution in [0.3, 0.4) is 0 Å². The average Bonchev–Trinajstić information content (AvgIpc) is 2.57. The number of benzene rings is 2. The highest BCUT2D eigenvalue weighted by atomic mass is 16.6. The Morgan fingerprint density at radius 2 is 1.54 bits per heavy atom. The van der Waals surface area contributed by atoms with Crippen LogP contribution in [0.1, 0.15) is 33.3 Å². The molecule has 0 saturated carbocycles. The second kappa shape index (κ2) is 9.13. The summed E-state index contributed by atoms with van der Waals surface area (Å²) in [5.41, 5.74) is 2.70. The van der Waals surface area contributed by atoms with Crippen molar-refractivity contribution in [1.29, 1.82) is 0 Å². The van der Waals surface area contributed by atoms with Crippen molar-refractivity contribution in [1.82, 2.24) is 5.32 Å². The quantitative estimate of drug-likeness (QED) is 0.741. The van der Waals surface area contributed by atoms with Gasteiger partial charge in [0.15, 0.2) is 0 Å². The Morgan fingerprint density at radius 3 is 2.08 bits per heavy atom. The van der Waals surface area contributed by atoms with Gasteiger partial charge >= 0.3 is 6.09 Å². The summed E-state index contributed by atoms with van der Waals surface area (Å²) >= 11 is 0. The van der Waals surface area contributed by atoms with Gasteiger partial charge in [0.05, 0.1) is 6.61 Å². The van der Waals surface area contributed by atoms with E-state index in [2.05, 4.69) is 10.6 Å². The van der Waals surface area contributed by atoms with Gasteiger partial charge in [0.2, 0.25) is 0 Å². The molecule has 2 aromatic rings. The van der Waals surface area contributed by atoms with E-state index in [4.69, 9.17) is 9.47 Å². The highest BCUT2D eigenvalue weighted by molar-refractivity contribution is 5.67. The summed E-state index contributed by atoms with van der Waals surface area (Å²) in [5, 5.41) is 6.12. The fourth-order valence-corrected chi connectivity index (χ4v) is 2.35. The molecule has 5 nitrogen and oxygen atoms in total. The molecule has 0 heterocycles. The molecule has 0 spiro atoms. The largest absolute Gasteiger partial charge is 0.494 e. The number of rotatable bonds is 7. The van der Waals surface area contributed by atoms with Gasteiger partial charge in [0.1, 0.15) is 11.4 Å². The number of alkyl carbamates (subject to hydrolysis) is 1. The van der Waals surface area contributed by atoms with E-state index in [1.807, 2.05) is 76.2 Å². The molecule has 0 radical (unpaired) electrons. The Kier molecular flexibility index (Phi) is 6.89. The molecule has 140 valence electrons. The molecule has 26 heavy (non-hydrogen) atoms. The second-order valence-electron chi connectivity index (χ2n) is 6.96. The smallest absolute Gasteiger partial charge is 0.407 e. The predicted octanol–water partition coefficient (Wildman–Crippen LogP) is 4.90. The first-order valence-corrected chi connectivity index (χ1v) is 8.91. The predicted molar refractivity (Wildman–Crippen MR) is 105 cm³/mol. The zero-order valence-corrected chi connectivity index (χ0v) is 16.0. The van der Waals surface area contributed by atoms with Gasteiger partial charge in [-0.2, -0.15) is 0 Å². The zero-order valence-electron chi connectivity index (χ0n) is 16.0. The topological polar surface area (TPSA) is 59.6 Å². The SMILES string of the molecule is CCOc1ccc(Nc2ccc(CCNC(=O)OC(C)(C)C)cc2)cc1. The van der Waals surface area contributed by atoms with Crippen LogP contribution in [0.2, 0.25) is 0 Å². The Hall–Kier alpha value is -2.69. The summed E-state index contributed by atoms with van der Waals surface area (Å²) in [6.07, 6.45) is 0.369. The van der Waals surface area contributed by atoms with Gasteiger partial charge in [-0.05, 0) is 76.1 Å². The third-order valence-corrected chi connectivity index (χ3v) is 3.49. The molecule has 5 heteroatoms. The number of nitrogens with one attached hydrogen (secondary N) is 2. The van der Waals surface area contributed by atoms with Gasteiger partial charge in [-0.25, -0.2) is 4.79 Å².